The zero-order valence-corrected chi connectivity index (χ0v) is 14.0. The van der Waals surface area contributed by atoms with Crippen LogP contribution in [0.5, 0.6) is 5.75 Å². The van der Waals surface area contributed by atoms with E-state index < -0.39 is 11.0 Å². The highest BCUT2D eigenvalue weighted by atomic mass is 32.2. The van der Waals surface area contributed by atoms with Gasteiger partial charge in [0.2, 0.25) is 0 Å². The first-order valence-electron chi connectivity index (χ1n) is 7.58. The van der Waals surface area contributed by atoms with Gasteiger partial charge in [-0.15, -0.1) is 0 Å². The summed E-state index contributed by atoms with van der Waals surface area (Å²) in [6.07, 6.45) is 0. The van der Waals surface area contributed by atoms with Crippen LogP contribution >= 0.6 is 0 Å². The molecule has 122 valence electrons. The molecule has 0 bridgehead atoms. The molecule has 0 aliphatic carbocycles. The number of nitrogens with two attached hydrogens (primary N) is 1. The Bertz CT molecular complexity index is 700. The molecule has 2 aromatic rings. The van der Waals surface area contributed by atoms with Crippen molar-refractivity contribution >= 4 is 22.4 Å². The van der Waals surface area contributed by atoms with E-state index in [4.69, 9.17) is 9.88 Å². The topological polar surface area (TPSA) is 58.8 Å². The van der Waals surface area contributed by atoms with Gasteiger partial charge in [-0.05, 0) is 24.3 Å². The molecule has 2 N–H and O–H groups in total. The van der Waals surface area contributed by atoms with Crippen LogP contribution in [0.2, 0.25) is 0 Å². The number of hydrogen-bond donors (Lipinski definition) is 1. The number of para-hydroxylation sites is 1. The Morgan fingerprint density at radius 2 is 1.70 bits per heavy atom. The smallest absolute Gasteiger partial charge is 0.124 e. The number of benzene rings is 2. The molecule has 1 heterocycles. The van der Waals surface area contributed by atoms with E-state index in [2.05, 4.69) is 21.9 Å². The average Bonchev–Trinajstić information content (AvgIpc) is 2.62. The fourth-order valence-corrected chi connectivity index (χ4v) is 3.52. The van der Waals surface area contributed by atoms with Crippen molar-refractivity contribution in [3.8, 4) is 5.75 Å². The number of methoxy groups -OCH3 is 1. The standard InChI is InChI=1S/C17H21N3O2S/c1-22-15-6-4-5-14(13-15)19-9-11-20(12-10-19)16-7-2-3-8-17(16)23(18)21/h2-8,13H,9-12,18H2,1H3. The highest BCUT2D eigenvalue weighted by molar-refractivity contribution is 7.82. The van der Waals surface area contributed by atoms with Crippen LogP contribution in [0.3, 0.4) is 0 Å². The Morgan fingerprint density at radius 1 is 1.00 bits per heavy atom. The molecular weight excluding hydrogens is 310 g/mol. The number of hydrogen-bond acceptors (Lipinski definition) is 4. The van der Waals surface area contributed by atoms with Crippen molar-refractivity contribution in [1.29, 1.82) is 0 Å². The summed E-state index contributed by atoms with van der Waals surface area (Å²) in [7, 11) is 0.218. The second kappa shape index (κ2) is 7.02. The van der Waals surface area contributed by atoms with Crippen molar-refractivity contribution in [2.24, 2.45) is 5.14 Å². The minimum atomic E-state index is -1.46. The fourth-order valence-electron chi connectivity index (χ4n) is 2.90. The molecule has 23 heavy (non-hydrogen) atoms. The van der Waals surface area contributed by atoms with Crippen LogP contribution in [0.4, 0.5) is 11.4 Å². The molecule has 2 aromatic carbocycles. The van der Waals surface area contributed by atoms with Gasteiger partial charge in [-0.25, -0.2) is 9.35 Å². The maximum atomic E-state index is 11.7. The third kappa shape index (κ3) is 3.48. The molecule has 1 atom stereocenters. The molecule has 0 amide bonds. The largest absolute Gasteiger partial charge is 0.497 e. The summed E-state index contributed by atoms with van der Waals surface area (Å²) < 4.78 is 17.0. The maximum absolute atomic E-state index is 11.7. The Morgan fingerprint density at radius 3 is 2.39 bits per heavy atom. The highest BCUT2D eigenvalue weighted by Gasteiger charge is 2.20. The van der Waals surface area contributed by atoms with Gasteiger partial charge in [0.1, 0.15) is 16.7 Å². The second-order valence-electron chi connectivity index (χ2n) is 5.44. The Kier molecular flexibility index (Phi) is 4.83. The summed E-state index contributed by atoms with van der Waals surface area (Å²) in [5.41, 5.74) is 2.14. The van der Waals surface area contributed by atoms with E-state index in [0.717, 1.165) is 37.6 Å². The normalized spacial score (nSPS) is 16.3. The van der Waals surface area contributed by atoms with E-state index in [0.29, 0.717) is 4.90 Å². The van der Waals surface area contributed by atoms with E-state index in [-0.39, 0.29) is 0 Å². The van der Waals surface area contributed by atoms with Crippen LogP contribution in [0.1, 0.15) is 0 Å². The lowest BCUT2D eigenvalue weighted by Gasteiger charge is -2.38. The molecule has 0 spiro atoms. The van der Waals surface area contributed by atoms with Crippen molar-refractivity contribution in [2.75, 3.05) is 43.1 Å². The van der Waals surface area contributed by atoms with E-state index in [1.807, 2.05) is 36.4 Å². The van der Waals surface area contributed by atoms with Crippen LogP contribution in [-0.4, -0.2) is 37.5 Å². The molecule has 1 fully saturated rings. The van der Waals surface area contributed by atoms with Gasteiger partial charge in [0, 0.05) is 37.9 Å². The predicted molar refractivity (Wildman–Crippen MR) is 94.5 cm³/mol. The summed E-state index contributed by atoms with van der Waals surface area (Å²) in [6, 6.07) is 15.8. The summed E-state index contributed by atoms with van der Waals surface area (Å²) in [6.45, 7) is 3.54. The molecule has 0 aromatic heterocycles. The molecule has 1 saturated heterocycles. The van der Waals surface area contributed by atoms with Gasteiger partial charge in [0.05, 0.1) is 17.7 Å². The minimum absolute atomic E-state index is 0.697. The summed E-state index contributed by atoms with van der Waals surface area (Å²) in [5.74, 6) is 0.869. The van der Waals surface area contributed by atoms with Gasteiger partial charge in [-0.2, -0.15) is 0 Å². The quantitative estimate of drug-likeness (QED) is 0.931. The van der Waals surface area contributed by atoms with Crippen molar-refractivity contribution in [1.82, 2.24) is 0 Å². The highest BCUT2D eigenvalue weighted by Crippen LogP contribution is 2.26. The number of nitrogens with zero attached hydrogens (tertiary/aromatic N) is 2. The number of ether oxygens (including phenoxy) is 1. The number of anilines is 2. The molecule has 6 heteroatoms. The van der Waals surface area contributed by atoms with Crippen LogP contribution in [0, 0.1) is 0 Å². The lowest BCUT2D eigenvalue weighted by molar-refractivity contribution is 0.414. The lowest BCUT2D eigenvalue weighted by Crippen LogP contribution is -2.46. The van der Waals surface area contributed by atoms with E-state index in [9.17, 15) is 4.21 Å². The predicted octanol–water partition coefficient (Wildman–Crippen LogP) is 2.00. The first-order chi connectivity index (χ1) is 11.2. The molecule has 5 nitrogen and oxygen atoms in total. The summed E-state index contributed by atoms with van der Waals surface area (Å²) >= 11 is 0. The Balaban J connectivity index is 1.72. The van der Waals surface area contributed by atoms with Crippen molar-refractivity contribution in [2.45, 2.75) is 4.90 Å². The second-order valence-corrected chi connectivity index (χ2v) is 6.48. The lowest BCUT2D eigenvalue weighted by atomic mass is 10.2. The third-order valence-electron chi connectivity index (χ3n) is 4.12. The van der Waals surface area contributed by atoms with Crippen molar-refractivity contribution in [3.05, 3.63) is 48.5 Å². The monoisotopic (exact) mass is 331 g/mol. The number of piperazine rings is 1. The van der Waals surface area contributed by atoms with Gasteiger partial charge in [0.25, 0.3) is 0 Å². The SMILES string of the molecule is COc1cccc(N2CCN(c3ccccc3S(N)=O)CC2)c1. The molecule has 1 aliphatic rings. The molecule has 3 rings (SSSR count). The maximum Gasteiger partial charge on any atom is 0.124 e. The van der Waals surface area contributed by atoms with Crippen LogP contribution in [0.15, 0.2) is 53.4 Å². The van der Waals surface area contributed by atoms with Crippen LogP contribution in [-0.2, 0) is 11.0 Å². The number of rotatable bonds is 4. The third-order valence-corrected chi connectivity index (χ3v) is 4.90. The fraction of sp³-hybridized carbons (Fsp3) is 0.294. The van der Waals surface area contributed by atoms with Crippen molar-refractivity contribution in [3.63, 3.8) is 0 Å². The molecule has 0 radical (unpaired) electrons. The zero-order valence-electron chi connectivity index (χ0n) is 13.1. The van der Waals surface area contributed by atoms with Crippen molar-refractivity contribution < 1.29 is 8.95 Å². The average molecular weight is 331 g/mol. The summed E-state index contributed by atoms with van der Waals surface area (Å²) in [5, 5.41) is 5.59. The van der Waals surface area contributed by atoms with Crippen LogP contribution in [0.25, 0.3) is 0 Å². The molecular formula is C17H21N3O2S. The van der Waals surface area contributed by atoms with E-state index in [1.165, 1.54) is 5.69 Å². The zero-order chi connectivity index (χ0) is 16.2. The van der Waals surface area contributed by atoms with Crippen LogP contribution < -0.4 is 19.7 Å². The first-order valence-corrected chi connectivity index (χ1v) is 8.79. The van der Waals surface area contributed by atoms with Gasteiger partial charge in [-0.3, -0.25) is 0 Å². The Labute approximate surface area is 139 Å². The van der Waals surface area contributed by atoms with Gasteiger partial charge in [-0.1, -0.05) is 18.2 Å². The summed E-state index contributed by atoms with van der Waals surface area (Å²) in [4.78, 5) is 5.28. The van der Waals surface area contributed by atoms with Gasteiger partial charge >= 0.3 is 0 Å². The Hall–Kier alpha value is -2.05. The molecule has 1 aliphatic heterocycles. The molecule has 1 unspecified atom stereocenters. The van der Waals surface area contributed by atoms with Gasteiger partial charge < -0.3 is 14.5 Å². The minimum Gasteiger partial charge on any atom is -0.497 e. The first kappa shape index (κ1) is 15.8. The van der Waals surface area contributed by atoms with E-state index >= 15 is 0 Å². The van der Waals surface area contributed by atoms with Gasteiger partial charge in [0.15, 0.2) is 0 Å². The van der Waals surface area contributed by atoms with E-state index in [1.54, 1.807) is 7.11 Å². The molecule has 0 saturated carbocycles.